The maximum atomic E-state index is 11.9. The molecule has 2 rings (SSSR count). The average molecular weight is 265 g/mol. The van der Waals surface area contributed by atoms with Crippen molar-refractivity contribution in [1.82, 2.24) is 20.5 Å². The van der Waals surface area contributed by atoms with Crippen LogP contribution >= 0.6 is 11.3 Å². The summed E-state index contributed by atoms with van der Waals surface area (Å²) in [6.45, 7) is 3.97. The number of H-pyrrole nitrogens is 1. The minimum absolute atomic E-state index is 0.142. The molecule has 1 unspecified atom stereocenters. The monoisotopic (exact) mass is 265 g/mol. The molecule has 7 heteroatoms. The van der Waals surface area contributed by atoms with Crippen molar-refractivity contribution in [3.63, 3.8) is 0 Å². The van der Waals surface area contributed by atoms with Gasteiger partial charge in [-0.1, -0.05) is 6.92 Å². The summed E-state index contributed by atoms with van der Waals surface area (Å²) >= 11 is 1.60. The van der Waals surface area contributed by atoms with E-state index >= 15 is 0 Å². The highest BCUT2D eigenvalue weighted by Crippen LogP contribution is 2.20. The molecule has 2 aromatic heterocycles. The van der Waals surface area contributed by atoms with Crippen LogP contribution in [0.25, 0.3) is 0 Å². The fraction of sp³-hybridized carbons (Fsp3) is 0.364. The molecule has 6 nitrogen and oxygen atoms in total. The highest BCUT2D eigenvalue weighted by Gasteiger charge is 2.17. The molecule has 0 spiro atoms. The highest BCUT2D eigenvalue weighted by molar-refractivity contribution is 7.11. The van der Waals surface area contributed by atoms with E-state index in [9.17, 15) is 4.79 Å². The van der Waals surface area contributed by atoms with Crippen molar-refractivity contribution in [3.8, 4) is 0 Å². The summed E-state index contributed by atoms with van der Waals surface area (Å²) in [7, 11) is 0. The van der Waals surface area contributed by atoms with E-state index in [0.717, 1.165) is 11.4 Å². The van der Waals surface area contributed by atoms with Gasteiger partial charge in [0.05, 0.1) is 12.2 Å². The molecule has 96 valence electrons. The average Bonchev–Trinajstić information content (AvgIpc) is 2.96. The van der Waals surface area contributed by atoms with Gasteiger partial charge in [0.25, 0.3) is 5.91 Å². The van der Waals surface area contributed by atoms with Gasteiger partial charge in [-0.2, -0.15) is 5.10 Å². The summed E-state index contributed by atoms with van der Waals surface area (Å²) < 4.78 is 0. The van der Waals surface area contributed by atoms with E-state index in [-0.39, 0.29) is 17.8 Å². The number of nitrogens with zero attached hydrogens (tertiary/aromatic N) is 2. The molecule has 0 saturated heterocycles. The van der Waals surface area contributed by atoms with Gasteiger partial charge in [-0.05, 0) is 13.3 Å². The third kappa shape index (κ3) is 2.51. The molecule has 0 bridgehead atoms. The lowest BCUT2D eigenvalue weighted by molar-refractivity contribution is 0.0941. The second kappa shape index (κ2) is 5.18. The van der Waals surface area contributed by atoms with E-state index in [1.807, 2.05) is 13.1 Å². The van der Waals surface area contributed by atoms with Gasteiger partial charge >= 0.3 is 0 Å². The zero-order valence-electron chi connectivity index (χ0n) is 10.2. The Balaban J connectivity index is 2.05. The first kappa shape index (κ1) is 12.6. The maximum absolute atomic E-state index is 11.9. The first-order valence-electron chi connectivity index (χ1n) is 5.66. The number of aromatic amines is 1. The Labute approximate surface area is 109 Å². The number of nitrogens with two attached hydrogens (primary N) is 1. The number of hydrogen-bond donors (Lipinski definition) is 3. The van der Waals surface area contributed by atoms with Crippen molar-refractivity contribution in [2.45, 2.75) is 26.3 Å². The second-order valence-electron chi connectivity index (χ2n) is 3.91. The van der Waals surface area contributed by atoms with Gasteiger partial charge in [0.2, 0.25) is 0 Å². The Morgan fingerprint density at radius 1 is 1.61 bits per heavy atom. The predicted molar refractivity (Wildman–Crippen MR) is 70.4 cm³/mol. The molecule has 0 aliphatic rings. The number of thiazole rings is 1. The van der Waals surface area contributed by atoms with Crippen LogP contribution in [-0.2, 0) is 6.42 Å². The SMILES string of the molecule is CCc1cnc(C(C)NC(=O)c2cn[nH]c2N)s1. The molecular weight excluding hydrogens is 250 g/mol. The van der Waals surface area contributed by atoms with Gasteiger partial charge in [0.15, 0.2) is 0 Å². The van der Waals surface area contributed by atoms with Crippen LogP contribution in [0, 0.1) is 0 Å². The number of anilines is 1. The smallest absolute Gasteiger partial charge is 0.257 e. The fourth-order valence-electron chi connectivity index (χ4n) is 1.50. The van der Waals surface area contributed by atoms with Gasteiger partial charge in [0.1, 0.15) is 16.4 Å². The molecule has 0 aliphatic heterocycles. The normalized spacial score (nSPS) is 12.3. The van der Waals surface area contributed by atoms with Crippen molar-refractivity contribution in [1.29, 1.82) is 0 Å². The summed E-state index contributed by atoms with van der Waals surface area (Å²) in [5.41, 5.74) is 5.95. The van der Waals surface area contributed by atoms with Crippen molar-refractivity contribution < 1.29 is 4.79 Å². The molecule has 2 heterocycles. The van der Waals surface area contributed by atoms with Gasteiger partial charge in [0, 0.05) is 11.1 Å². The Morgan fingerprint density at radius 3 is 2.94 bits per heavy atom. The van der Waals surface area contributed by atoms with Crippen LogP contribution in [0.2, 0.25) is 0 Å². The predicted octanol–water partition coefficient (Wildman–Crippen LogP) is 1.50. The van der Waals surface area contributed by atoms with E-state index in [1.165, 1.54) is 11.1 Å². The Morgan fingerprint density at radius 2 is 2.39 bits per heavy atom. The van der Waals surface area contributed by atoms with Crippen LogP contribution in [0.4, 0.5) is 5.82 Å². The van der Waals surface area contributed by atoms with Crippen molar-refractivity contribution in [2.24, 2.45) is 0 Å². The molecule has 0 aromatic carbocycles. The van der Waals surface area contributed by atoms with Crippen LogP contribution in [0.15, 0.2) is 12.4 Å². The first-order valence-corrected chi connectivity index (χ1v) is 6.47. The van der Waals surface area contributed by atoms with E-state index in [1.54, 1.807) is 11.3 Å². The highest BCUT2D eigenvalue weighted by atomic mass is 32.1. The number of carbonyl (C=O) groups excluding carboxylic acids is 1. The van der Waals surface area contributed by atoms with Gasteiger partial charge in [-0.15, -0.1) is 11.3 Å². The zero-order valence-corrected chi connectivity index (χ0v) is 11.0. The molecule has 0 fully saturated rings. The summed E-state index contributed by atoms with van der Waals surface area (Å²) in [5, 5.41) is 9.98. The lowest BCUT2D eigenvalue weighted by Gasteiger charge is -2.10. The summed E-state index contributed by atoms with van der Waals surface area (Å²) in [5.74, 6) is 0.0232. The summed E-state index contributed by atoms with van der Waals surface area (Å²) in [4.78, 5) is 17.4. The molecule has 1 amide bonds. The number of amides is 1. The standard InChI is InChI=1S/C11H15N5OS/c1-3-7-4-13-11(18-7)6(2)15-10(17)8-5-14-16-9(8)12/h4-6H,3H2,1-2H3,(H,15,17)(H3,12,14,16). The van der Waals surface area contributed by atoms with Gasteiger partial charge in [-0.25, -0.2) is 4.98 Å². The van der Waals surface area contributed by atoms with Crippen LogP contribution < -0.4 is 11.1 Å². The Bertz CT molecular complexity index is 547. The minimum Gasteiger partial charge on any atom is -0.383 e. The van der Waals surface area contributed by atoms with Crippen molar-refractivity contribution >= 4 is 23.1 Å². The Kier molecular flexibility index (Phi) is 3.61. The topological polar surface area (TPSA) is 96.7 Å². The number of nitrogen functional groups attached to an aromatic ring is 1. The number of rotatable bonds is 4. The lowest BCUT2D eigenvalue weighted by Crippen LogP contribution is -2.26. The number of aryl methyl sites for hydroxylation is 1. The molecular formula is C11H15N5OS. The second-order valence-corrected chi connectivity index (χ2v) is 5.06. The van der Waals surface area contributed by atoms with E-state index in [2.05, 4.69) is 27.4 Å². The molecule has 18 heavy (non-hydrogen) atoms. The number of aromatic nitrogens is 3. The third-order valence-corrected chi connectivity index (χ3v) is 3.88. The lowest BCUT2D eigenvalue weighted by atomic mass is 10.2. The molecule has 4 N–H and O–H groups in total. The number of nitrogens with one attached hydrogen (secondary N) is 2. The van der Waals surface area contributed by atoms with Crippen molar-refractivity contribution in [3.05, 3.63) is 27.8 Å². The molecule has 1 atom stereocenters. The molecule has 0 saturated carbocycles. The zero-order chi connectivity index (χ0) is 13.1. The quantitative estimate of drug-likeness (QED) is 0.780. The van der Waals surface area contributed by atoms with Crippen LogP contribution in [0.3, 0.4) is 0 Å². The van der Waals surface area contributed by atoms with Crippen LogP contribution in [0.5, 0.6) is 0 Å². The summed E-state index contributed by atoms with van der Waals surface area (Å²) in [6.07, 6.45) is 4.21. The van der Waals surface area contributed by atoms with Crippen LogP contribution in [-0.4, -0.2) is 21.1 Å². The third-order valence-electron chi connectivity index (χ3n) is 2.55. The van der Waals surface area contributed by atoms with Gasteiger partial charge in [-0.3, -0.25) is 9.89 Å². The summed E-state index contributed by atoms with van der Waals surface area (Å²) in [6, 6.07) is -0.142. The number of hydrogen-bond acceptors (Lipinski definition) is 5. The minimum atomic E-state index is -0.248. The fourth-order valence-corrected chi connectivity index (χ4v) is 2.36. The van der Waals surface area contributed by atoms with E-state index in [4.69, 9.17) is 5.73 Å². The molecule has 2 aromatic rings. The van der Waals surface area contributed by atoms with E-state index in [0.29, 0.717) is 5.56 Å². The largest absolute Gasteiger partial charge is 0.383 e. The molecule has 0 aliphatic carbocycles. The van der Waals surface area contributed by atoms with E-state index < -0.39 is 0 Å². The molecule has 0 radical (unpaired) electrons. The Hall–Kier alpha value is -1.89. The van der Waals surface area contributed by atoms with Crippen LogP contribution in [0.1, 0.15) is 40.1 Å². The first-order chi connectivity index (χ1) is 8.61. The maximum Gasteiger partial charge on any atom is 0.257 e. The van der Waals surface area contributed by atoms with Gasteiger partial charge < -0.3 is 11.1 Å². The van der Waals surface area contributed by atoms with Crippen molar-refractivity contribution in [2.75, 3.05) is 5.73 Å². The number of carbonyl (C=O) groups is 1.